The van der Waals surface area contributed by atoms with Crippen LogP contribution < -0.4 is 10.6 Å². The van der Waals surface area contributed by atoms with E-state index in [0.717, 1.165) is 31.0 Å². The molecule has 2 aromatic heterocycles. The molecule has 2 heterocycles. The Hall–Kier alpha value is -3.43. The predicted octanol–water partition coefficient (Wildman–Crippen LogP) is 4.67. The Morgan fingerprint density at radius 3 is 2.62 bits per heavy atom. The largest absolute Gasteiger partial charge is 0.418 e. The number of amides is 2. The summed E-state index contributed by atoms with van der Waals surface area (Å²) >= 11 is 0. The molecule has 0 saturated carbocycles. The van der Waals surface area contributed by atoms with Crippen molar-refractivity contribution in [2.75, 3.05) is 10.6 Å². The highest BCUT2D eigenvalue weighted by molar-refractivity contribution is 6.00. The first-order valence-corrected chi connectivity index (χ1v) is 8.98. The minimum absolute atomic E-state index is 0.321. The molecule has 0 saturated heterocycles. The Balaban J connectivity index is 1.64. The molecule has 10 heteroatoms. The first-order valence-electron chi connectivity index (χ1n) is 8.98. The maximum absolute atomic E-state index is 13.0. The van der Waals surface area contributed by atoms with E-state index in [0.29, 0.717) is 11.5 Å². The van der Waals surface area contributed by atoms with E-state index in [4.69, 9.17) is 0 Å². The number of nitrogens with one attached hydrogen (secondary N) is 2. The number of para-hydroxylation sites is 1. The lowest BCUT2D eigenvalue weighted by molar-refractivity contribution is -0.136. The van der Waals surface area contributed by atoms with Gasteiger partial charge in [-0.15, -0.1) is 5.10 Å². The Bertz CT molecular complexity index is 969. The normalized spacial score (nSPS) is 11.3. The van der Waals surface area contributed by atoms with Crippen molar-refractivity contribution in [1.29, 1.82) is 0 Å². The number of anilines is 2. The number of carbonyl (C=O) groups excluding carboxylic acids is 1. The number of benzene rings is 1. The van der Waals surface area contributed by atoms with Crippen LogP contribution in [-0.2, 0) is 12.6 Å². The van der Waals surface area contributed by atoms with E-state index in [1.807, 2.05) is 0 Å². The number of pyridine rings is 1. The minimum Gasteiger partial charge on any atom is -0.307 e. The number of alkyl halides is 3. The third-order valence-corrected chi connectivity index (χ3v) is 4.05. The SMILES string of the molecule is CCCCc1cn(-c2ccc(NC(=O)Nc3ccccc3C(F)(F)F)cn2)nn1. The average molecular weight is 404 g/mol. The fraction of sp³-hybridized carbons (Fsp3) is 0.263. The van der Waals surface area contributed by atoms with Crippen molar-refractivity contribution in [3.63, 3.8) is 0 Å². The number of hydrogen-bond donors (Lipinski definition) is 2. The second kappa shape index (κ2) is 8.72. The van der Waals surface area contributed by atoms with Crippen LogP contribution >= 0.6 is 0 Å². The van der Waals surface area contributed by atoms with Crippen LogP contribution in [0.4, 0.5) is 29.3 Å². The molecule has 0 aliphatic heterocycles. The maximum Gasteiger partial charge on any atom is 0.418 e. The van der Waals surface area contributed by atoms with Gasteiger partial charge in [-0.25, -0.2) is 14.5 Å². The molecule has 0 aliphatic carbocycles. The zero-order chi connectivity index (χ0) is 20.9. The molecule has 1 aromatic carbocycles. The van der Waals surface area contributed by atoms with Gasteiger partial charge < -0.3 is 10.6 Å². The van der Waals surface area contributed by atoms with Crippen LogP contribution in [0.2, 0.25) is 0 Å². The van der Waals surface area contributed by atoms with E-state index in [2.05, 4.69) is 32.9 Å². The first-order chi connectivity index (χ1) is 13.9. The second-order valence-electron chi connectivity index (χ2n) is 6.29. The zero-order valence-corrected chi connectivity index (χ0v) is 15.6. The maximum atomic E-state index is 13.0. The highest BCUT2D eigenvalue weighted by Gasteiger charge is 2.33. The summed E-state index contributed by atoms with van der Waals surface area (Å²) in [5.74, 6) is 0.508. The lowest BCUT2D eigenvalue weighted by Gasteiger charge is -2.14. The molecule has 3 rings (SSSR count). The number of halogens is 3. The lowest BCUT2D eigenvalue weighted by Crippen LogP contribution is -2.22. The van der Waals surface area contributed by atoms with Gasteiger partial charge in [0.1, 0.15) is 0 Å². The monoisotopic (exact) mass is 404 g/mol. The molecule has 0 spiro atoms. The van der Waals surface area contributed by atoms with Gasteiger partial charge in [-0.05, 0) is 37.1 Å². The second-order valence-corrected chi connectivity index (χ2v) is 6.29. The van der Waals surface area contributed by atoms with Crippen LogP contribution in [0.15, 0.2) is 48.8 Å². The van der Waals surface area contributed by atoms with Crippen molar-refractivity contribution in [3.8, 4) is 5.82 Å². The van der Waals surface area contributed by atoms with Crippen LogP contribution in [0.5, 0.6) is 0 Å². The van der Waals surface area contributed by atoms with Crippen molar-refractivity contribution >= 4 is 17.4 Å². The van der Waals surface area contributed by atoms with Gasteiger partial charge in [-0.3, -0.25) is 0 Å². The topological polar surface area (TPSA) is 84.7 Å². The molecule has 0 aliphatic rings. The third-order valence-electron chi connectivity index (χ3n) is 4.05. The minimum atomic E-state index is -4.57. The van der Waals surface area contributed by atoms with Crippen LogP contribution in [0.1, 0.15) is 31.0 Å². The smallest absolute Gasteiger partial charge is 0.307 e. The zero-order valence-electron chi connectivity index (χ0n) is 15.6. The molecule has 0 bridgehead atoms. The van der Waals surface area contributed by atoms with E-state index >= 15 is 0 Å². The van der Waals surface area contributed by atoms with Crippen molar-refractivity contribution < 1.29 is 18.0 Å². The van der Waals surface area contributed by atoms with Crippen molar-refractivity contribution in [2.45, 2.75) is 32.4 Å². The summed E-state index contributed by atoms with van der Waals surface area (Å²) in [6.07, 6.45) is 1.50. The summed E-state index contributed by atoms with van der Waals surface area (Å²) in [6.45, 7) is 2.09. The molecule has 2 amide bonds. The number of aryl methyl sites for hydroxylation is 1. The lowest BCUT2D eigenvalue weighted by atomic mass is 10.1. The summed E-state index contributed by atoms with van der Waals surface area (Å²) < 4.78 is 40.5. The van der Waals surface area contributed by atoms with E-state index in [1.54, 1.807) is 18.3 Å². The summed E-state index contributed by atoms with van der Waals surface area (Å²) in [5.41, 5.74) is -0.0707. The van der Waals surface area contributed by atoms with Gasteiger partial charge in [0.2, 0.25) is 0 Å². The van der Waals surface area contributed by atoms with Crippen LogP contribution in [-0.4, -0.2) is 26.0 Å². The molecule has 2 N–H and O–H groups in total. The molecule has 29 heavy (non-hydrogen) atoms. The quantitative estimate of drug-likeness (QED) is 0.625. The summed E-state index contributed by atoms with van der Waals surface area (Å²) in [6, 6.07) is 7.14. The fourth-order valence-electron chi connectivity index (χ4n) is 2.60. The summed E-state index contributed by atoms with van der Waals surface area (Å²) in [4.78, 5) is 16.3. The summed E-state index contributed by atoms with van der Waals surface area (Å²) in [7, 11) is 0. The molecule has 0 unspecified atom stereocenters. The molecular formula is C19H19F3N6O. The number of rotatable bonds is 6. The Kier molecular flexibility index (Phi) is 6.10. The van der Waals surface area contributed by atoms with E-state index < -0.39 is 17.8 Å². The van der Waals surface area contributed by atoms with Gasteiger partial charge in [0, 0.05) is 0 Å². The predicted molar refractivity (Wildman–Crippen MR) is 102 cm³/mol. The number of nitrogens with zero attached hydrogens (tertiary/aromatic N) is 4. The molecular weight excluding hydrogens is 385 g/mol. The molecule has 0 radical (unpaired) electrons. The number of carbonyl (C=O) groups is 1. The highest BCUT2D eigenvalue weighted by Crippen LogP contribution is 2.34. The van der Waals surface area contributed by atoms with Gasteiger partial charge in [0.15, 0.2) is 5.82 Å². The van der Waals surface area contributed by atoms with Crippen LogP contribution in [0, 0.1) is 0 Å². The number of urea groups is 1. The number of hydrogen-bond acceptors (Lipinski definition) is 4. The average Bonchev–Trinajstić information content (AvgIpc) is 3.15. The Morgan fingerprint density at radius 1 is 1.14 bits per heavy atom. The summed E-state index contributed by atoms with van der Waals surface area (Å²) in [5, 5.41) is 12.8. The molecule has 0 fully saturated rings. The first kappa shape index (κ1) is 20.3. The van der Waals surface area contributed by atoms with E-state index in [-0.39, 0.29) is 5.69 Å². The molecule has 3 aromatic rings. The van der Waals surface area contributed by atoms with Gasteiger partial charge in [0.05, 0.1) is 35.0 Å². The van der Waals surface area contributed by atoms with E-state index in [9.17, 15) is 18.0 Å². The van der Waals surface area contributed by atoms with E-state index in [1.165, 1.54) is 29.1 Å². The molecule has 0 atom stereocenters. The Morgan fingerprint density at radius 2 is 1.93 bits per heavy atom. The van der Waals surface area contributed by atoms with Crippen LogP contribution in [0.3, 0.4) is 0 Å². The fourth-order valence-corrected chi connectivity index (χ4v) is 2.60. The van der Waals surface area contributed by atoms with Crippen molar-refractivity contribution in [2.24, 2.45) is 0 Å². The van der Waals surface area contributed by atoms with Crippen molar-refractivity contribution in [3.05, 3.63) is 60.0 Å². The standard InChI is InChI=1S/C19H19F3N6O/c1-2-3-6-14-12-28(27-26-14)17-10-9-13(11-23-17)24-18(29)25-16-8-5-4-7-15(16)19(20,21)22/h4-5,7-12H,2-3,6H2,1H3,(H2,24,25,29). The van der Waals surface area contributed by atoms with Gasteiger partial charge in [-0.2, -0.15) is 13.2 Å². The van der Waals surface area contributed by atoms with Gasteiger partial charge in [0.25, 0.3) is 0 Å². The molecule has 152 valence electrons. The Labute approximate surface area is 165 Å². The third kappa shape index (κ3) is 5.31. The van der Waals surface area contributed by atoms with Crippen molar-refractivity contribution in [1.82, 2.24) is 20.0 Å². The number of unbranched alkanes of at least 4 members (excludes halogenated alkanes) is 1. The van der Waals surface area contributed by atoms with Gasteiger partial charge >= 0.3 is 12.2 Å². The van der Waals surface area contributed by atoms with Gasteiger partial charge in [-0.1, -0.05) is 30.7 Å². The highest BCUT2D eigenvalue weighted by atomic mass is 19.4. The number of aromatic nitrogens is 4. The molecule has 7 nitrogen and oxygen atoms in total. The van der Waals surface area contributed by atoms with Crippen LogP contribution in [0.25, 0.3) is 5.82 Å².